The molecular weight excluding hydrogens is 342 g/mol. The minimum Gasteiger partial charge on any atom is -0.313 e. The van der Waals surface area contributed by atoms with Crippen molar-refractivity contribution in [3.63, 3.8) is 0 Å². The van der Waals surface area contributed by atoms with Crippen molar-refractivity contribution in [2.24, 2.45) is 0 Å². The van der Waals surface area contributed by atoms with Crippen molar-refractivity contribution < 1.29 is 0 Å². The molecule has 1 aromatic heterocycles. The molecule has 1 heterocycles. The monoisotopic (exact) mass is 365 g/mol. The van der Waals surface area contributed by atoms with E-state index in [0.717, 1.165) is 19.4 Å². The number of hydrogen-bond donors (Lipinski definition) is 1. The number of hydrogen-bond acceptors (Lipinski definition) is 2. The van der Waals surface area contributed by atoms with Crippen LogP contribution < -0.4 is 5.32 Å². The van der Waals surface area contributed by atoms with E-state index in [1.54, 1.807) is 0 Å². The summed E-state index contributed by atoms with van der Waals surface area (Å²) in [5.41, 5.74) is 4.16. The highest BCUT2D eigenvalue weighted by atomic mass is 79.9. The molecule has 0 fully saturated rings. The Bertz CT molecular complexity index is 556. The highest BCUT2D eigenvalue weighted by Crippen LogP contribution is 2.22. The number of benzene rings is 1. The van der Waals surface area contributed by atoms with Crippen LogP contribution in [-0.4, -0.2) is 12.6 Å². The maximum Gasteiger partial charge on any atom is 0.0285 e. The molecule has 114 valence electrons. The lowest BCUT2D eigenvalue weighted by atomic mass is 9.99. The van der Waals surface area contributed by atoms with Crippen molar-refractivity contribution in [1.82, 2.24) is 5.32 Å². The third-order valence-electron chi connectivity index (χ3n) is 3.52. The van der Waals surface area contributed by atoms with Crippen molar-refractivity contribution >= 4 is 27.3 Å². The van der Waals surface area contributed by atoms with Crippen LogP contribution in [0.15, 0.2) is 34.1 Å². The van der Waals surface area contributed by atoms with Gasteiger partial charge in [0, 0.05) is 20.8 Å². The number of aryl methyl sites for hydroxylation is 2. The first-order valence-electron chi connectivity index (χ1n) is 7.60. The molecule has 1 atom stereocenters. The first-order valence-corrected chi connectivity index (χ1v) is 9.27. The molecule has 0 radical (unpaired) electrons. The second-order valence-corrected chi connectivity index (χ2v) is 7.70. The Morgan fingerprint density at radius 1 is 1.10 bits per heavy atom. The van der Waals surface area contributed by atoms with Crippen LogP contribution in [0.25, 0.3) is 0 Å². The molecule has 3 heteroatoms. The Morgan fingerprint density at radius 2 is 1.81 bits per heavy atom. The zero-order valence-electron chi connectivity index (χ0n) is 13.1. The van der Waals surface area contributed by atoms with Crippen LogP contribution in [0.4, 0.5) is 0 Å². The molecule has 21 heavy (non-hydrogen) atoms. The van der Waals surface area contributed by atoms with Crippen molar-refractivity contribution in [2.45, 2.75) is 46.1 Å². The van der Waals surface area contributed by atoms with Gasteiger partial charge in [0.25, 0.3) is 0 Å². The van der Waals surface area contributed by atoms with E-state index < -0.39 is 0 Å². The first kappa shape index (κ1) is 16.7. The van der Waals surface area contributed by atoms with Crippen molar-refractivity contribution in [3.8, 4) is 0 Å². The Morgan fingerprint density at radius 3 is 2.38 bits per heavy atom. The molecule has 2 aromatic rings. The highest BCUT2D eigenvalue weighted by Gasteiger charge is 2.12. The number of thiophene rings is 1. The summed E-state index contributed by atoms with van der Waals surface area (Å²) in [7, 11) is 0. The van der Waals surface area contributed by atoms with Crippen molar-refractivity contribution in [1.29, 1.82) is 0 Å². The lowest BCUT2D eigenvalue weighted by Gasteiger charge is -2.18. The van der Waals surface area contributed by atoms with Gasteiger partial charge in [-0.25, -0.2) is 0 Å². The van der Waals surface area contributed by atoms with Gasteiger partial charge in [0.05, 0.1) is 0 Å². The van der Waals surface area contributed by atoms with Crippen LogP contribution in [0.3, 0.4) is 0 Å². The number of nitrogens with one attached hydrogen (secondary N) is 1. The number of halogens is 1. The third kappa shape index (κ3) is 5.57. The van der Waals surface area contributed by atoms with Gasteiger partial charge in [-0.3, -0.25) is 0 Å². The average molecular weight is 366 g/mol. The molecule has 0 aliphatic rings. The van der Waals surface area contributed by atoms with Crippen LogP contribution in [0.1, 0.15) is 34.9 Å². The molecule has 2 rings (SSSR count). The third-order valence-corrected chi connectivity index (χ3v) is 5.24. The van der Waals surface area contributed by atoms with Crippen LogP contribution in [-0.2, 0) is 12.8 Å². The van der Waals surface area contributed by atoms with Gasteiger partial charge in [0.2, 0.25) is 0 Å². The second-order valence-electron chi connectivity index (χ2n) is 5.79. The fourth-order valence-corrected chi connectivity index (χ4v) is 4.27. The maximum atomic E-state index is 3.71. The molecule has 0 bridgehead atoms. The molecule has 0 aliphatic carbocycles. The summed E-state index contributed by atoms with van der Waals surface area (Å²) < 4.78 is 1.20. The summed E-state index contributed by atoms with van der Waals surface area (Å²) in [5, 5.41) is 5.88. The zero-order chi connectivity index (χ0) is 15.2. The van der Waals surface area contributed by atoms with Gasteiger partial charge >= 0.3 is 0 Å². The first-order chi connectivity index (χ1) is 10.1. The van der Waals surface area contributed by atoms with Gasteiger partial charge in [-0.2, -0.15) is 0 Å². The van der Waals surface area contributed by atoms with Gasteiger partial charge in [-0.1, -0.05) is 36.2 Å². The minimum absolute atomic E-state index is 0.511. The van der Waals surface area contributed by atoms with Gasteiger partial charge in [-0.15, -0.1) is 11.3 Å². The average Bonchev–Trinajstić information content (AvgIpc) is 2.80. The number of rotatable bonds is 7. The van der Waals surface area contributed by atoms with Crippen LogP contribution in [0.5, 0.6) is 0 Å². The fraction of sp³-hybridized carbons (Fsp3) is 0.444. The standard InChI is InChI=1S/C18H24BrNS/c1-4-5-20-17(11-18-10-16(19)12-21-18)9-15-7-13(2)6-14(3)8-15/h6-8,10,12,17,20H,4-5,9,11H2,1-3H3. The summed E-state index contributed by atoms with van der Waals surface area (Å²) in [4.78, 5) is 1.44. The quantitative estimate of drug-likeness (QED) is 0.703. The van der Waals surface area contributed by atoms with Crippen LogP contribution in [0.2, 0.25) is 0 Å². The normalized spacial score (nSPS) is 12.6. The molecule has 0 amide bonds. The van der Waals surface area contributed by atoms with Crippen LogP contribution >= 0.6 is 27.3 Å². The van der Waals surface area contributed by atoms with E-state index in [1.165, 1.54) is 32.5 Å². The van der Waals surface area contributed by atoms with E-state index in [1.807, 2.05) is 11.3 Å². The summed E-state index contributed by atoms with van der Waals surface area (Å²) in [6, 6.07) is 9.63. The van der Waals surface area contributed by atoms with Gasteiger partial charge in [0.15, 0.2) is 0 Å². The molecular formula is C18H24BrNS. The predicted octanol–water partition coefficient (Wildman–Crippen LogP) is 5.28. The Hall–Kier alpha value is -0.640. The molecule has 1 aromatic carbocycles. The summed E-state index contributed by atoms with van der Waals surface area (Å²) in [5.74, 6) is 0. The lowest BCUT2D eigenvalue weighted by molar-refractivity contribution is 0.507. The Balaban J connectivity index is 2.07. The van der Waals surface area contributed by atoms with Gasteiger partial charge in [0.1, 0.15) is 0 Å². The fourth-order valence-electron chi connectivity index (χ4n) is 2.74. The smallest absolute Gasteiger partial charge is 0.0285 e. The molecule has 0 spiro atoms. The van der Waals surface area contributed by atoms with Gasteiger partial charge in [-0.05, 0) is 67.2 Å². The van der Waals surface area contributed by atoms with Crippen molar-refractivity contribution in [2.75, 3.05) is 6.54 Å². The summed E-state index contributed by atoms with van der Waals surface area (Å²) in [6.07, 6.45) is 3.37. The van der Waals surface area contributed by atoms with Gasteiger partial charge < -0.3 is 5.32 Å². The lowest BCUT2D eigenvalue weighted by Crippen LogP contribution is -2.33. The second kappa shape index (κ2) is 8.11. The SMILES string of the molecule is CCCNC(Cc1cc(C)cc(C)c1)Cc1cc(Br)cs1. The van der Waals surface area contributed by atoms with E-state index >= 15 is 0 Å². The van der Waals surface area contributed by atoms with Crippen LogP contribution in [0, 0.1) is 13.8 Å². The molecule has 1 N–H and O–H groups in total. The molecule has 0 saturated carbocycles. The van der Waals surface area contributed by atoms with E-state index in [-0.39, 0.29) is 0 Å². The molecule has 0 aliphatic heterocycles. The molecule has 1 unspecified atom stereocenters. The largest absolute Gasteiger partial charge is 0.313 e. The predicted molar refractivity (Wildman–Crippen MR) is 97.4 cm³/mol. The van der Waals surface area contributed by atoms with E-state index in [9.17, 15) is 0 Å². The van der Waals surface area contributed by atoms with E-state index in [2.05, 4.69) is 71.7 Å². The Labute approximate surface area is 140 Å². The Kier molecular flexibility index (Phi) is 6.46. The topological polar surface area (TPSA) is 12.0 Å². The maximum absolute atomic E-state index is 3.71. The molecule has 0 saturated heterocycles. The minimum atomic E-state index is 0.511. The van der Waals surface area contributed by atoms with Crippen molar-refractivity contribution in [3.05, 3.63) is 55.7 Å². The summed E-state index contributed by atoms with van der Waals surface area (Å²) in [6.45, 7) is 7.67. The summed E-state index contributed by atoms with van der Waals surface area (Å²) >= 11 is 5.39. The van der Waals surface area contributed by atoms with E-state index in [4.69, 9.17) is 0 Å². The van der Waals surface area contributed by atoms with E-state index in [0.29, 0.717) is 6.04 Å². The highest BCUT2D eigenvalue weighted by molar-refractivity contribution is 9.10. The molecule has 1 nitrogen and oxygen atoms in total. The zero-order valence-corrected chi connectivity index (χ0v) is 15.5.